The Morgan fingerprint density at radius 2 is 1.67 bits per heavy atom. The molecule has 1 aromatic rings. The van der Waals surface area contributed by atoms with E-state index in [2.05, 4.69) is 22.1 Å². The van der Waals surface area contributed by atoms with Gasteiger partial charge in [-0.1, -0.05) is 30.3 Å². The summed E-state index contributed by atoms with van der Waals surface area (Å²) in [5.74, 6) is 0.0836. The molecule has 0 radical (unpaired) electrons. The van der Waals surface area contributed by atoms with Crippen molar-refractivity contribution in [2.75, 3.05) is 6.54 Å². The van der Waals surface area contributed by atoms with Crippen molar-refractivity contribution >= 4 is 24.3 Å². The van der Waals surface area contributed by atoms with E-state index < -0.39 is 0 Å². The smallest absolute Gasteiger partial charge is 0.218 e. The second-order valence-corrected chi connectivity index (χ2v) is 3.72. The van der Waals surface area contributed by atoms with Crippen LogP contribution in [0.3, 0.4) is 0 Å². The van der Waals surface area contributed by atoms with Crippen LogP contribution in [0.25, 0.3) is 0 Å². The fourth-order valence-corrected chi connectivity index (χ4v) is 1.45. The van der Waals surface area contributed by atoms with E-state index in [1.807, 2.05) is 18.2 Å². The zero-order valence-corrected chi connectivity index (χ0v) is 11.1. The van der Waals surface area contributed by atoms with Crippen LogP contribution in [0.2, 0.25) is 0 Å². The van der Waals surface area contributed by atoms with Crippen molar-refractivity contribution in [3.8, 4) is 0 Å². The second kappa shape index (κ2) is 9.30. The molecule has 100 valence electrons. The maximum Gasteiger partial charge on any atom is 0.218 e. The first-order valence-electron chi connectivity index (χ1n) is 5.62. The minimum atomic E-state index is -0.0597. The number of nitrogens with zero attached hydrogens (tertiary/aromatic N) is 2. The van der Waals surface area contributed by atoms with Crippen molar-refractivity contribution in [2.45, 2.75) is 19.3 Å². The van der Waals surface area contributed by atoms with E-state index in [0.717, 1.165) is 19.3 Å². The lowest BCUT2D eigenvalue weighted by Gasteiger charge is -1.99. The van der Waals surface area contributed by atoms with E-state index >= 15 is 0 Å². The largest absolute Gasteiger partial charge is 0.370 e. The maximum absolute atomic E-state index is 5.47. The van der Waals surface area contributed by atoms with Crippen LogP contribution in [-0.2, 0) is 6.42 Å². The molecule has 0 aliphatic carbocycles. The number of hydrogen-bond donors (Lipinski definition) is 3. The quantitative estimate of drug-likeness (QED) is 0.422. The van der Waals surface area contributed by atoms with Gasteiger partial charge in [-0.15, -0.1) is 12.4 Å². The second-order valence-electron chi connectivity index (χ2n) is 3.72. The number of hydrogen-bond acceptors (Lipinski definition) is 1. The summed E-state index contributed by atoms with van der Waals surface area (Å²) in [5, 5.41) is 0. The number of guanidine groups is 2. The normalized spacial score (nSPS) is 10.6. The number of rotatable bonds is 5. The zero-order valence-electron chi connectivity index (χ0n) is 10.2. The first-order valence-corrected chi connectivity index (χ1v) is 5.62. The van der Waals surface area contributed by atoms with Gasteiger partial charge in [0.15, 0.2) is 5.96 Å². The Balaban J connectivity index is 0.00000289. The van der Waals surface area contributed by atoms with E-state index in [1.54, 1.807) is 0 Å². The lowest BCUT2D eigenvalue weighted by molar-refractivity contribution is 0.744. The minimum absolute atomic E-state index is 0. The minimum Gasteiger partial charge on any atom is -0.370 e. The maximum atomic E-state index is 5.47. The summed E-state index contributed by atoms with van der Waals surface area (Å²) in [5.41, 5.74) is 17.1. The molecule has 0 aliphatic heterocycles. The number of halogens is 1. The molecule has 18 heavy (non-hydrogen) atoms. The molecule has 0 saturated carbocycles. The molecule has 6 heteroatoms. The Kier molecular flexibility index (Phi) is 8.39. The van der Waals surface area contributed by atoms with Gasteiger partial charge in [-0.2, -0.15) is 4.99 Å². The van der Waals surface area contributed by atoms with Crippen LogP contribution in [0.4, 0.5) is 0 Å². The van der Waals surface area contributed by atoms with E-state index in [0.29, 0.717) is 6.54 Å². The van der Waals surface area contributed by atoms with Crippen molar-refractivity contribution in [3.63, 3.8) is 0 Å². The third kappa shape index (κ3) is 7.51. The van der Waals surface area contributed by atoms with E-state index in [9.17, 15) is 0 Å². The van der Waals surface area contributed by atoms with Gasteiger partial charge in [-0.3, -0.25) is 4.99 Å². The molecule has 0 spiro atoms. The molecule has 1 aromatic carbocycles. The summed E-state index contributed by atoms with van der Waals surface area (Å²) in [6, 6.07) is 10.4. The molecule has 0 amide bonds. The summed E-state index contributed by atoms with van der Waals surface area (Å²) < 4.78 is 0. The van der Waals surface area contributed by atoms with Crippen LogP contribution >= 0.6 is 12.4 Å². The van der Waals surface area contributed by atoms with Gasteiger partial charge in [0, 0.05) is 6.54 Å². The Labute approximate surface area is 114 Å². The fraction of sp³-hybridized carbons (Fsp3) is 0.333. The predicted molar refractivity (Wildman–Crippen MR) is 78.9 cm³/mol. The Morgan fingerprint density at radius 1 is 1.00 bits per heavy atom. The molecule has 0 atom stereocenters. The zero-order chi connectivity index (χ0) is 12.5. The van der Waals surface area contributed by atoms with Crippen molar-refractivity contribution in [2.24, 2.45) is 27.2 Å². The lowest BCUT2D eigenvalue weighted by atomic mass is 10.1. The van der Waals surface area contributed by atoms with Gasteiger partial charge in [0.25, 0.3) is 0 Å². The third-order valence-electron chi connectivity index (χ3n) is 2.23. The van der Waals surface area contributed by atoms with Gasteiger partial charge in [-0.25, -0.2) is 0 Å². The van der Waals surface area contributed by atoms with Crippen LogP contribution in [0.1, 0.15) is 18.4 Å². The van der Waals surface area contributed by atoms with Crippen LogP contribution < -0.4 is 17.2 Å². The highest BCUT2D eigenvalue weighted by molar-refractivity contribution is 5.92. The van der Waals surface area contributed by atoms with Crippen molar-refractivity contribution < 1.29 is 0 Å². The highest BCUT2D eigenvalue weighted by atomic mass is 35.5. The highest BCUT2D eigenvalue weighted by Gasteiger charge is 1.93. The molecule has 0 fully saturated rings. The molecule has 0 unspecified atom stereocenters. The molecular formula is C12H20ClN5. The Bertz CT molecular complexity index is 385. The summed E-state index contributed by atoms with van der Waals surface area (Å²) in [4.78, 5) is 7.68. The van der Waals surface area contributed by atoms with Gasteiger partial charge in [0.2, 0.25) is 5.96 Å². The predicted octanol–water partition coefficient (Wildman–Crippen LogP) is 1.02. The standard InChI is InChI=1S/C12H19N5.ClH/c13-11(14)17-12(15)16-9-5-4-8-10-6-2-1-3-7-10;/h1-3,6-7H,4-5,8-9H2,(H6,13,14,15,16,17);1H. The van der Waals surface area contributed by atoms with Gasteiger partial charge >= 0.3 is 0 Å². The number of aryl methyl sites for hydroxylation is 1. The van der Waals surface area contributed by atoms with Crippen LogP contribution in [0.15, 0.2) is 40.3 Å². The molecule has 6 N–H and O–H groups in total. The van der Waals surface area contributed by atoms with Crippen molar-refractivity contribution in [1.29, 1.82) is 0 Å². The van der Waals surface area contributed by atoms with E-state index in [-0.39, 0.29) is 24.3 Å². The molecule has 0 bridgehead atoms. The monoisotopic (exact) mass is 269 g/mol. The molecule has 5 nitrogen and oxygen atoms in total. The molecule has 1 rings (SSSR count). The summed E-state index contributed by atoms with van der Waals surface area (Å²) in [7, 11) is 0. The summed E-state index contributed by atoms with van der Waals surface area (Å²) in [6.07, 6.45) is 3.09. The molecule has 0 aromatic heterocycles. The average Bonchev–Trinajstić information content (AvgIpc) is 2.29. The molecular weight excluding hydrogens is 250 g/mol. The van der Waals surface area contributed by atoms with Crippen molar-refractivity contribution in [3.05, 3.63) is 35.9 Å². The Hall–Kier alpha value is -1.75. The summed E-state index contributed by atoms with van der Waals surface area (Å²) >= 11 is 0. The fourth-order valence-electron chi connectivity index (χ4n) is 1.45. The molecule has 0 saturated heterocycles. The van der Waals surface area contributed by atoms with Gasteiger partial charge in [-0.05, 0) is 24.8 Å². The van der Waals surface area contributed by atoms with Crippen LogP contribution in [-0.4, -0.2) is 18.5 Å². The van der Waals surface area contributed by atoms with Gasteiger partial charge in [0.1, 0.15) is 0 Å². The number of aliphatic imine (C=N–C) groups is 2. The van der Waals surface area contributed by atoms with Gasteiger partial charge in [0.05, 0.1) is 0 Å². The summed E-state index contributed by atoms with van der Waals surface area (Å²) in [6.45, 7) is 0.648. The van der Waals surface area contributed by atoms with Gasteiger partial charge < -0.3 is 17.2 Å². The molecule has 0 heterocycles. The Morgan fingerprint density at radius 3 is 2.28 bits per heavy atom. The first-order chi connectivity index (χ1) is 8.18. The topological polar surface area (TPSA) is 103 Å². The number of nitrogens with two attached hydrogens (primary N) is 3. The first kappa shape index (κ1) is 16.2. The average molecular weight is 270 g/mol. The van der Waals surface area contributed by atoms with Crippen LogP contribution in [0, 0.1) is 0 Å². The number of unbranched alkanes of at least 4 members (excludes halogenated alkanes) is 1. The SMILES string of the molecule is Cl.NC(N)=NC(N)=NCCCCc1ccccc1. The highest BCUT2D eigenvalue weighted by Crippen LogP contribution is 2.04. The van der Waals surface area contributed by atoms with Crippen molar-refractivity contribution in [1.82, 2.24) is 0 Å². The van der Waals surface area contributed by atoms with E-state index in [4.69, 9.17) is 17.2 Å². The third-order valence-corrected chi connectivity index (χ3v) is 2.23. The van der Waals surface area contributed by atoms with E-state index in [1.165, 1.54) is 5.56 Å². The molecule has 0 aliphatic rings. The lowest BCUT2D eigenvalue weighted by Crippen LogP contribution is -2.26. The number of benzene rings is 1. The van der Waals surface area contributed by atoms with Crippen LogP contribution in [0.5, 0.6) is 0 Å².